The van der Waals surface area contributed by atoms with Crippen LogP contribution in [-0.2, 0) is 4.79 Å². The van der Waals surface area contributed by atoms with Crippen LogP contribution in [0.15, 0.2) is 18.3 Å². The number of aromatic nitrogens is 1. The van der Waals surface area contributed by atoms with Gasteiger partial charge in [-0.15, -0.1) is 0 Å². The Morgan fingerprint density at radius 2 is 2.35 bits per heavy atom. The smallest absolute Gasteiger partial charge is 0.406 e. The highest BCUT2D eigenvalue weighted by Gasteiger charge is 2.39. The van der Waals surface area contributed by atoms with Crippen molar-refractivity contribution < 1.29 is 19.6 Å². The Hall–Kier alpha value is -2.18. The van der Waals surface area contributed by atoms with Gasteiger partial charge in [0.1, 0.15) is 6.20 Å². The van der Waals surface area contributed by atoms with Gasteiger partial charge in [-0.2, -0.15) is 0 Å². The maximum absolute atomic E-state index is 11.0. The van der Waals surface area contributed by atoms with E-state index in [4.69, 9.17) is 9.84 Å². The van der Waals surface area contributed by atoms with Crippen LogP contribution in [0.5, 0.6) is 5.75 Å². The normalized spacial score (nSPS) is 16.2. The highest BCUT2D eigenvalue weighted by atomic mass is 16.6. The molecular formula is C10H10N2O5. The van der Waals surface area contributed by atoms with Gasteiger partial charge in [-0.25, -0.2) is 4.79 Å². The van der Waals surface area contributed by atoms with Crippen molar-refractivity contribution >= 4 is 11.8 Å². The molecule has 1 aromatic heterocycles. The zero-order valence-corrected chi connectivity index (χ0v) is 8.78. The lowest BCUT2D eigenvalue weighted by atomic mass is 10.2. The molecule has 1 unspecified atom stereocenters. The van der Waals surface area contributed by atoms with E-state index in [0.29, 0.717) is 0 Å². The average molecular weight is 238 g/mol. The van der Waals surface area contributed by atoms with Crippen LogP contribution in [0.3, 0.4) is 0 Å². The number of carboxylic acid groups (broad SMARTS) is 1. The van der Waals surface area contributed by atoms with Crippen molar-refractivity contribution in [3.63, 3.8) is 0 Å². The molecule has 0 aromatic carbocycles. The van der Waals surface area contributed by atoms with Crippen LogP contribution in [0.25, 0.3) is 0 Å². The summed E-state index contributed by atoms with van der Waals surface area (Å²) in [4.78, 5) is 24.5. The van der Waals surface area contributed by atoms with Gasteiger partial charge in [0.05, 0.1) is 0 Å². The zero-order chi connectivity index (χ0) is 12.4. The summed E-state index contributed by atoms with van der Waals surface area (Å²) >= 11 is 0. The highest BCUT2D eigenvalue weighted by molar-refractivity contribution is 5.73. The summed E-state index contributed by atoms with van der Waals surface area (Å²) < 4.78 is 5.19. The van der Waals surface area contributed by atoms with Crippen LogP contribution in [0, 0.1) is 16.0 Å². The molecule has 0 saturated heterocycles. The fourth-order valence-electron chi connectivity index (χ4n) is 1.50. The standard InChI is InChI=1S/C10H10N2O5/c13-10(14)8(6-3-4-6)17-7-2-1-5-11-9(7)12(15)16/h1-2,5-6,8H,3-4H2,(H,13,14). The van der Waals surface area contributed by atoms with Gasteiger partial charge in [0, 0.05) is 5.92 Å². The lowest BCUT2D eigenvalue weighted by molar-refractivity contribution is -0.390. The minimum atomic E-state index is -1.11. The number of hydrogen-bond donors (Lipinski definition) is 1. The van der Waals surface area contributed by atoms with Gasteiger partial charge in [0.2, 0.25) is 5.75 Å². The summed E-state index contributed by atoms with van der Waals surface area (Å²) in [6.45, 7) is 0. The van der Waals surface area contributed by atoms with Crippen LogP contribution in [0.2, 0.25) is 0 Å². The third-order valence-corrected chi connectivity index (χ3v) is 2.47. The molecule has 0 amide bonds. The van der Waals surface area contributed by atoms with Crippen molar-refractivity contribution in [2.75, 3.05) is 0 Å². The molecule has 2 rings (SSSR count). The number of rotatable bonds is 5. The molecule has 1 aliphatic rings. The second-order valence-corrected chi connectivity index (χ2v) is 3.80. The van der Waals surface area contributed by atoms with Gasteiger partial charge in [-0.1, -0.05) is 0 Å². The third-order valence-electron chi connectivity index (χ3n) is 2.47. The van der Waals surface area contributed by atoms with Crippen molar-refractivity contribution in [3.8, 4) is 5.75 Å². The Morgan fingerprint density at radius 1 is 1.65 bits per heavy atom. The van der Waals surface area contributed by atoms with E-state index in [2.05, 4.69) is 4.98 Å². The number of carbonyl (C=O) groups is 1. The summed E-state index contributed by atoms with van der Waals surface area (Å²) in [6, 6.07) is 2.82. The summed E-state index contributed by atoms with van der Waals surface area (Å²) in [5.74, 6) is -1.73. The minimum absolute atomic E-state index is 0.0627. The van der Waals surface area contributed by atoms with Crippen molar-refractivity contribution in [2.45, 2.75) is 18.9 Å². The predicted molar refractivity (Wildman–Crippen MR) is 55.7 cm³/mol. The Kier molecular flexibility index (Phi) is 2.90. The largest absolute Gasteiger partial charge is 0.478 e. The Labute approximate surface area is 96.2 Å². The first-order valence-corrected chi connectivity index (χ1v) is 5.08. The van der Waals surface area contributed by atoms with Crippen molar-refractivity contribution in [3.05, 3.63) is 28.4 Å². The molecule has 0 aliphatic heterocycles. The molecule has 1 fully saturated rings. The molecule has 7 heteroatoms. The molecular weight excluding hydrogens is 228 g/mol. The lowest BCUT2D eigenvalue weighted by Gasteiger charge is -2.13. The molecule has 7 nitrogen and oxygen atoms in total. The van der Waals surface area contributed by atoms with Crippen LogP contribution in [0.4, 0.5) is 5.82 Å². The maximum atomic E-state index is 11.0. The molecule has 0 bridgehead atoms. The van der Waals surface area contributed by atoms with E-state index in [-0.39, 0.29) is 11.7 Å². The van der Waals surface area contributed by atoms with Gasteiger partial charge in [0.15, 0.2) is 6.10 Å². The predicted octanol–water partition coefficient (Wildman–Crippen LogP) is 1.23. The molecule has 1 aromatic rings. The number of ether oxygens (including phenoxy) is 1. The topological polar surface area (TPSA) is 103 Å². The molecule has 90 valence electrons. The SMILES string of the molecule is O=C(O)C(Oc1cccnc1[N+](=O)[O-])C1CC1. The van der Waals surface area contributed by atoms with E-state index in [0.717, 1.165) is 12.8 Å². The van der Waals surface area contributed by atoms with Gasteiger partial charge in [-0.05, 0) is 34.9 Å². The number of hydrogen-bond acceptors (Lipinski definition) is 5. The van der Waals surface area contributed by atoms with Gasteiger partial charge in [0.25, 0.3) is 0 Å². The van der Waals surface area contributed by atoms with Crippen molar-refractivity contribution in [1.82, 2.24) is 4.98 Å². The van der Waals surface area contributed by atoms with Gasteiger partial charge in [-0.3, -0.25) is 0 Å². The molecule has 1 saturated carbocycles. The summed E-state index contributed by atoms with van der Waals surface area (Å²) in [5.41, 5.74) is 0. The fraction of sp³-hybridized carbons (Fsp3) is 0.400. The second-order valence-electron chi connectivity index (χ2n) is 3.80. The first-order chi connectivity index (χ1) is 8.09. The fourth-order valence-corrected chi connectivity index (χ4v) is 1.50. The second kappa shape index (κ2) is 4.36. The molecule has 1 aliphatic carbocycles. The summed E-state index contributed by atoms with van der Waals surface area (Å²) in [5, 5.41) is 19.6. The number of aliphatic carboxylic acids is 1. The van der Waals surface area contributed by atoms with Gasteiger partial charge >= 0.3 is 11.8 Å². The highest BCUT2D eigenvalue weighted by Crippen LogP contribution is 2.36. The van der Waals surface area contributed by atoms with E-state index < -0.39 is 22.8 Å². The van der Waals surface area contributed by atoms with E-state index in [9.17, 15) is 14.9 Å². The Morgan fingerprint density at radius 3 is 2.88 bits per heavy atom. The molecule has 0 radical (unpaired) electrons. The van der Waals surface area contributed by atoms with Crippen molar-refractivity contribution in [2.24, 2.45) is 5.92 Å². The first kappa shape index (κ1) is 11.3. The molecule has 0 spiro atoms. The van der Waals surface area contributed by atoms with Crippen LogP contribution >= 0.6 is 0 Å². The molecule has 1 atom stereocenters. The quantitative estimate of drug-likeness (QED) is 0.611. The minimum Gasteiger partial charge on any atom is -0.478 e. The van der Waals surface area contributed by atoms with Crippen LogP contribution in [-0.4, -0.2) is 27.1 Å². The zero-order valence-electron chi connectivity index (χ0n) is 8.78. The third kappa shape index (κ3) is 2.49. The van der Waals surface area contributed by atoms with E-state index in [1.807, 2.05) is 0 Å². The lowest BCUT2D eigenvalue weighted by Crippen LogP contribution is -2.29. The monoisotopic (exact) mass is 238 g/mol. The van der Waals surface area contributed by atoms with E-state index in [1.165, 1.54) is 18.3 Å². The van der Waals surface area contributed by atoms with Gasteiger partial charge < -0.3 is 20.0 Å². The Bertz CT molecular complexity index is 458. The van der Waals surface area contributed by atoms with E-state index >= 15 is 0 Å². The van der Waals surface area contributed by atoms with E-state index in [1.54, 1.807) is 0 Å². The first-order valence-electron chi connectivity index (χ1n) is 5.08. The number of nitro groups is 1. The summed E-state index contributed by atoms with van der Waals surface area (Å²) in [6.07, 6.45) is 1.77. The number of nitrogens with zero attached hydrogens (tertiary/aromatic N) is 2. The molecule has 17 heavy (non-hydrogen) atoms. The average Bonchev–Trinajstić information content (AvgIpc) is 3.09. The summed E-state index contributed by atoms with van der Waals surface area (Å²) in [7, 11) is 0. The molecule has 1 N–H and O–H groups in total. The van der Waals surface area contributed by atoms with Crippen LogP contribution < -0.4 is 4.74 Å². The number of carboxylic acids is 1. The Balaban J connectivity index is 2.22. The maximum Gasteiger partial charge on any atom is 0.406 e. The van der Waals surface area contributed by atoms with Crippen molar-refractivity contribution in [1.29, 1.82) is 0 Å². The van der Waals surface area contributed by atoms with Crippen LogP contribution in [0.1, 0.15) is 12.8 Å². The number of pyridine rings is 1. The molecule has 1 heterocycles.